The highest BCUT2D eigenvalue weighted by molar-refractivity contribution is 5.98. The predicted octanol–water partition coefficient (Wildman–Crippen LogP) is 1.69. The smallest absolute Gasteiger partial charge is 0.265 e. The Hall–Kier alpha value is -2.50. The molecule has 1 amide bonds. The van der Waals surface area contributed by atoms with Crippen LogP contribution in [0.25, 0.3) is 11.3 Å². The van der Waals surface area contributed by atoms with Gasteiger partial charge in [-0.15, -0.1) is 0 Å². The molecule has 1 aliphatic heterocycles. The van der Waals surface area contributed by atoms with Crippen molar-refractivity contribution in [3.05, 3.63) is 23.9 Å². The van der Waals surface area contributed by atoms with E-state index < -0.39 is 6.10 Å². The number of hydrogen-bond donors (Lipinski definition) is 3. The number of hydrogen-bond acceptors (Lipinski definition) is 4. The summed E-state index contributed by atoms with van der Waals surface area (Å²) < 4.78 is 5.50. The maximum atomic E-state index is 11.6. The molecule has 3 rings (SSSR count). The molecule has 2 heterocycles. The Morgan fingerprint density at radius 3 is 2.89 bits per heavy atom. The van der Waals surface area contributed by atoms with Crippen LogP contribution in [-0.4, -0.2) is 22.2 Å². The van der Waals surface area contributed by atoms with Crippen LogP contribution in [0.3, 0.4) is 0 Å². The monoisotopic (exact) mass is 258 g/mol. The van der Waals surface area contributed by atoms with Crippen molar-refractivity contribution < 1.29 is 9.53 Å². The lowest BCUT2D eigenvalue weighted by atomic mass is 10.1. The van der Waals surface area contributed by atoms with Gasteiger partial charge < -0.3 is 15.8 Å². The molecule has 0 fully saturated rings. The quantitative estimate of drug-likeness (QED) is 0.725. The zero-order valence-electron chi connectivity index (χ0n) is 10.7. The number of amides is 1. The minimum atomic E-state index is -0.476. The van der Waals surface area contributed by atoms with Gasteiger partial charge in [0, 0.05) is 5.56 Å². The second-order valence-electron chi connectivity index (χ2n) is 4.57. The lowest BCUT2D eigenvalue weighted by Crippen LogP contribution is -2.34. The molecule has 2 aromatic rings. The number of H-pyrrole nitrogens is 1. The largest absolute Gasteiger partial charge is 0.479 e. The summed E-state index contributed by atoms with van der Waals surface area (Å²) in [7, 11) is 0. The average molecular weight is 258 g/mol. The fraction of sp³-hybridized carbons (Fsp3) is 0.231. The standard InChI is InChI=1S/C13H14N4O2/c1-6-11(14)12(17-16-6)8-3-4-10-9(5-8)15-13(18)7(2)19-10/h3-5,7H,14H2,1-2H3,(H,15,18)(H,16,17). The van der Waals surface area contributed by atoms with Crippen LogP contribution in [0.15, 0.2) is 18.2 Å². The number of carbonyl (C=O) groups is 1. The number of rotatable bonds is 1. The van der Waals surface area contributed by atoms with Crippen molar-refractivity contribution in [2.75, 3.05) is 11.1 Å². The van der Waals surface area contributed by atoms with E-state index in [1.807, 2.05) is 25.1 Å². The van der Waals surface area contributed by atoms with Crippen LogP contribution in [-0.2, 0) is 4.79 Å². The fourth-order valence-corrected chi connectivity index (χ4v) is 2.01. The molecule has 1 aromatic carbocycles. The number of ether oxygens (including phenoxy) is 1. The topological polar surface area (TPSA) is 93.0 Å². The Balaban J connectivity index is 2.05. The molecule has 0 bridgehead atoms. The van der Waals surface area contributed by atoms with Crippen LogP contribution in [0.2, 0.25) is 0 Å². The molecule has 19 heavy (non-hydrogen) atoms. The number of aromatic amines is 1. The van der Waals surface area contributed by atoms with Gasteiger partial charge in [0.25, 0.3) is 5.91 Å². The maximum Gasteiger partial charge on any atom is 0.265 e. The summed E-state index contributed by atoms with van der Waals surface area (Å²) in [5.74, 6) is 0.498. The van der Waals surface area contributed by atoms with Crippen LogP contribution in [0.5, 0.6) is 5.75 Å². The minimum Gasteiger partial charge on any atom is -0.479 e. The molecule has 1 aromatic heterocycles. The first-order chi connectivity index (χ1) is 9.06. The lowest BCUT2D eigenvalue weighted by Gasteiger charge is -2.23. The van der Waals surface area contributed by atoms with Crippen LogP contribution in [0.4, 0.5) is 11.4 Å². The van der Waals surface area contributed by atoms with Crippen molar-refractivity contribution in [2.24, 2.45) is 0 Å². The Kier molecular flexibility index (Phi) is 2.45. The molecule has 98 valence electrons. The summed E-state index contributed by atoms with van der Waals surface area (Å²) in [4.78, 5) is 11.6. The van der Waals surface area contributed by atoms with E-state index in [2.05, 4.69) is 15.5 Å². The number of nitrogens with zero attached hydrogens (tertiary/aromatic N) is 1. The second kappa shape index (κ2) is 4.01. The molecule has 1 atom stereocenters. The van der Waals surface area contributed by atoms with E-state index in [1.54, 1.807) is 6.92 Å². The Morgan fingerprint density at radius 2 is 2.21 bits per heavy atom. The van der Waals surface area contributed by atoms with Crippen molar-refractivity contribution in [1.29, 1.82) is 0 Å². The van der Waals surface area contributed by atoms with Crippen LogP contribution < -0.4 is 15.8 Å². The molecule has 0 saturated heterocycles. The van der Waals surface area contributed by atoms with Crippen molar-refractivity contribution in [2.45, 2.75) is 20.0 Å². The summed E-state index contributed by atoms with van der Waals surface area (Å²) in [6.45, 7) is 3.57. The zero-order chi connectivity index (χ0) is 13.6. The molecule has 0 aliphatic carbocycles. The highest BCUT2D eigenvalue weighted by atomic mass is 16.5. The van der Waals surface area contributed by atoms with E-state index in [1.165, 1.54) is 0 Å². The maximum absolute atomic E-state index is 11.6. The minimum absolute atomic E-state index is 0.157. The zero-order valence-corrected chi connectivity index (χ0v) is 10.7. The molecule has 0 spiro atoms. The van der Waals surface area contributed by atoms with Gasteiger partial charge in [0.15, 0.2) is 6.10 Å². The average Bonchev–Trinajstić information content (AvgIpc) is 2.71. The molecule has 0 radical (unpaired) electrons. The molecular weight excluding hydrogens is 244 g/mol. The van der Waals surface area contributed by atoms with Crippen molar-refractivity contribution in [3.8, 4) is 17.0 Å². The molecule has 0 saturated carbocycles. The predicted molar refractivity (Wildman–Crippen MR) is 71.9 cm³/mol. The van der Waals surface area contributed by atoms with E-state index in [-0.39, 0.29) is 5.91 Å². The van der Waals surface area contributed by atoms with E-state index in [0.717, 1.165) is 11.3 Å². The molecule has 6 nitrogen and oxygen atoms in total. The number of fused-ring (bicyclic) bond motifs is 1. The second-order valence-corrected chi connectivity index (χ2v) is 4.57. The summed E-state index contributed by atoms with van der Waals surface area (Å²) in [5, 5.41) is 9.81. The van der Waals surface area contributed by atoms with Gasteiger partial charge in [0.05, 0.1) is 17.1 Å². The third-order valence-corrected chi connectivity index (χ3v) is 3.18. The van der Waals surface area contributed by atoms with Crippen molar-refractivity contribution >= 4 is 17.3 Å². The van der Waals surface area contributed by atoms with Gasteiger partial charge in [0.1, 0.15) is 11.4 Å². The molecule has 4 N–H and O–H groups in total. The Bertz CT molecular complexity index is 663. The van der Waals surface area contributed by atoms with E-state index in [4.69, 9.17) is 10.5 Å². The van der Waals surface area contributed by atoms with Crippen LogP contribution in [0.1, 0.15) is 12.6 Å². The lowest BCUT2D eigenvalue weighted by molar-refractivity contribution is -0.122. The summed E-state index contributed by atoms with van der Waals surface area (Å²) in [5.41, 5.74) is 9.52. The number of anilines is 2. The summed E-state index contributed by atoms with van der Waals surface area (Å²) >= 11 is 0. The molecule has 1 unspecified atom stereocenters. The number of aromatic nitrogens is 2. The first-order valence-corrected chi connectivity index (χ1v) is 5.98. The number of nitrogens with two attached hydrogens (primary N) is 1. The fourth-order valence-electron chi connectivity index (χ4n) is 2.01. The van der Waals surface area contributed by atoms with Gasteiger partial charge in [0.2, 0.25) is 0 Å². The summed E-state index contributed by atoms with van der Waals surface area (Å²) in [6, 6.07) is 5.49. The SMILES string of the molecule is Cc1[nH]nc(-c2ccc3c(c2)NC(=O)C(C)O3)c1N. The van der Waals surface area contributed by atoms with Gasteiger partial charge in [-0.1, -0.05) is 0 Å². The molecule has 6 heteroatoms. The Labute approximate surface area is 110 Å². The van der Waals surface area contributed by atoms with Gasteiger partial charge in [-0.05, 0) is 32.0 Å². The van der Waals surface area contributed by atoms with Crippen LogP contribution in [0, 0.1) is 6.92 Å². The van der Waals surface area contributed by atoms with Gasteiger partial charge in [-0.3, -0.25) is 9.89 Å². The van der Waals surface area contributed by atoms with Crippen LogP contribution >= 0.6 is 0 Å². The van der Waals surface area contributed by atoms with Gasteiger partial charge in [-0.25, -0.2) is 0 Å². The summed E-state index contributed by atoms with van der Waals surface area (Å²) in [6.07, 6.45) is -0.476. The van der Waals surface area contributed by atoms with Gasteiger partial charge >= 0.3 is 0 Å². The third kappa shape index (κ3) is 1.81. The first-order valence-electron chi connectivity index (χ1n) is 5.98. The number of aryl methyl sites for hydroxylation is 1. The Morgan fingerprint density at radius 1 is 1.42 bits per heavy atom. The number of benzene rings is 1. The third-order valence-electron chi connectivity index (χ3n) is 3.18. The van der Waals surface area contributed by atoms with Crippen molar-refractivity contribution in [1.82, 2.24) is 10.2 Å². The van der Waals surface area contributed by atoms with E-state index in [9.17, 15) is 4.79 Å². The normalized spacial score (nSPS) is 17.6. The van der Waals surface area contributed by atoms with Gasteiger partial charge in [-0.2, -0.15) is 5.10 Å². The number of carbonyl (C=O) groups excluding carboxylic acids is 1. The first kappa shape index (κ1) is 11.6. The molecule has 1 aliphatic rings. The molecular formula is C13H14N4O2. The highest BCUT2D eigenvalue weighted by Gasteiger charge is 2.24. The highest BCUT2D eigenvalue weighted by Crippen LogP contribution is 2.35. The van der Waals surface area contributed by atoms with Crippen molar-refractivity contribution in [3.63, 3.8) is 0 Å². The number of nitrogens with one attached hydrogen (secondary N) is 2. The van der Waals surface area contributed by atoms with E-state index in [0.29, 0.717) is 22.8 Å². The van der Waals surface area contributed by atoms with E-state index >= 15 is 0 Å². The number of nitrogen functional groups attached to an aromatic ring is 1.